The Morgan fingerprint density at radius 3 is 1.00 bits per heavy atom. The zero-order chi connectivity index (χ0) is 0. The molecule has 4 heavy (non-hydrogen) atoms. The van der Waals surface area contributed by atoms with Crippen LogP contribution in [0, 0.1) is 0 Å². The molecule has 1 unspecified atom stereocenters. The fraction of sp³-hybridized carbons (Fsp3) is 0. The van der Waals surface area contributed by atoms with Crippen LogP contribution in [0.1, 0.15) is 0 Å². The topological polar surface area (TPSA) is 0 Å². The summed E-state index contributed by atoms with van der Waals surface area (Å²) in [5.41, 5.74) is 0. The van der Waals surface area contributed by atoms with Gasteiger partial charge in [-0.25, -0.2) is 0 Å². The molecule has 0 spiro atoms. The normalized spacial score (nSPS) is 0. The molecule has 0 amide bonds. The van der Waals surface area contributed by atoms with Gasteiger partial charge in [0.15, 0.2) is 0 Å². The van der Waals surface area contributed by atoms with Gasteiger partial charge in [0.25, 0.3) is 0 Å². The van der Waals surface area contributed by atoms with Crippen molar-refractivity contribution >= 4 is 9.90 Å². The van der Waals surface area contributed by atoms with Crippen molar-refractivity contribution in [2.45, 2.75) is 0 Å². The molecule has 4 heteroatoms. The second kappa shape index (κ2) is 18.9. The van der Waals surface area contributed by atoms with Crippen LogP contribution >= 0.6 is 9.90 Å². The minimum Gasteiger partial charge on any atom is -0.153 e. The predicted molar refractivity (Wildman–Crippen MR) is 11.1 cm³/mol. The summed E-state index contributed by atoms with van der Waals surface area (Å²) in [6.07, 6.45) is 0. The van der Waals surface area contributed by atoms with E-state index in [9.17, 15) is 0 Å². The summed E-state index contributed by atoms with van der Waals surface area (Å²) in [6, 6.07) is 0. The summed E-state index contributed by atoms with van der Waals surface area (Å²) >= 11 is 0. The Balaban J connectivity index is 0. The van der Waals surface area contributed by atoms with Crippen LogP contribution in [0.5, 0.6) is 0 Å². The van der Waals surface area contributed by atoms with Crippen molar-refractivity contribution < 1.29 is 56.7 Å². The quantitative estimate of drug-likeness (QED) is 0.411. The Labute approximate surface area is 66.1 Å². The molecular weight excluding hydrogens is 233 g/mol. The maximum atomic E-state index is 0. The van der Waals surface area contributed by atoms with Crippen LogP contribution in [-0.2, 0) is 56.7 Å². The second-order valence-electron chi connectivity index (χ2n) is 0. The van der Waals surface area contributed by atoms with E-state index in [0.29, 0.717) is 0 Å². The SMILES string of the molecule is P.[Mn].[Mo].[V]. The fourth-order valence-corrected chi connectivity index (χ4v) is 0. The van der Waals surface area contributed by atoms with Crippen LogP contribution in [0.4, 0.5) is 0 Å². The summed E-state index contributed by atoms with van der Waals surface area (Å²) in [4.78, 5) is 0. The van der Waals surface area contributed by atoms with Gasteiger partial charge in [0.2, 0.25) is 0 Å². The number of hydrogen-bond acceptors (Lipinski definition) is 0. The summed E-state index contributed by atoms with van der Waals surface area (Å²) in [6.45, 7) is 0. The van der Waals surface area contributed by atoms with E-state index in [4.69, 9.17) is 0 Å². The van der Waals surface area contributed by atoms with Crippen molar-refractivity contribution in [3.05, 3.63) is 0 Å². The number of rotatable bonds is 0. The molecule has 0 bridgehead atoms. The molecule has 0 aliphatic heterocycles. The monoisotopic (exact) mass is 238 g/mol. The summed E-state index contributed by atoms with van der Waals surface area (Å²) in [5.74, 6) is 0. The minimum absolute atomic E-state index is 0. The molecule has 0 heterocycles. The van der Waals surface area contributed by atoms with Crippen molar-refractivity contribution in [2.24, 2.45) is 0 Å². The van der Waals surface area contributed by atoms with Crippen LogP contribution in [-0.4, -0.2) is 0 Å². The first-order chi connectivity index (χ1) is 0. The largest absolute Gasteiger partial charge is 0.153 e. The molecule has 0 aromatic heterocycles. The summed E-state index contributed by atoms with van der Waals surface area (Å²) < 4.78 is 0. The van der Waals surface area contributed by atoms with Gasteiger partial charge in [-0.2, -0.15) is 9.90 Å². The molecule has 0 aliphatic rings. The van der Waals surface area contributed by atoms with Gasteiger partial charge in [-0.15, -0.1) is 0 Å². The first kappa shape index (κ1) is 34.4. The molecule has 0 N–H and O–H groups in total. The second-order valence-corrected chi connectivity index (χ2v) is 0. The maximum absolute atomic E-state index is 0. The molecule has 2 radical (unpaired) electrons. The molecule has 1 atom stereocenters. The Bertz CT molecular complexity index is 8.00. The molecule has 0 saturated heterocycles. The van der Waals surface area contributed by atoms with Crippen molar-refractivity contribution in [2.75, 3.05) is 0 Å². The molecule has 0 saturated carbocycles. The average molecular weight is 236 g/mol. The van der Waals surface area contributed by atoms with E-state index in [0.717, 1.165) is 0 Å². The smallest absolute Gasteiger partial charge is 0 e. The van der Waals surface area contributed by atoms with Crippen LogP contribution in [0.25, 0.3) is 0 Å². The summed E-state index contributed by atoms with van der Waals surface area (Å²) in [7, 11) is 0. The number of hydrogen-bond donors (Lipinski definition) is 0. The minimum atomic E-state index is 0. The summed E-state index contributed by atoms with van der Waals surface area (Å²) in [5, 5.41) is 0. The molecule has 0 aromatic rings. The van der Waals surface area contributed by atoms with Gasteiger partial charge in [-0.05, 0) is 0 Å². The van der Waals surface area contributed by atoms with Crippen LogP contribution < -0.4 is 0 Å². The van der Waals surface area contributed by atoms with Crippen LogP contribution in [0.2, 0.25) is 0 Å². The van der Waals surface area contributed by atoms with Gasteiger partial charge < -0.3 is 0 Å². The first-order valence-corrected chi connectivity index (χ1v) is 0. The average Bonchev–Trinajstić information content (AvgIpc) is 0. The standard InChI is InChI=1S/Mn.Mo.H3P.V/h;;1H3;. The molecule has 0 aromatic carbocycles. The van der Waals surface area contributed by atoms with Crippen molar-refractivity contribution in [1.82, 2.24) is 0 Å². The van der Waals surface area contributed by atoms with Gasteiger partial charge in [0.05, 0.1) is 0 Å². The Hall–Kier alpha value is 2.22. The van der Waals surface area contributed by atoms with E-state index in [1.54, 1.807) is 0 Å². The van der Waals surface area contributed by atoms with Gasteiger partial charge >= 0.3 is 0 Å². The maximum Gasteiger partial charge on any atom is 0 e. The fourth-order valence-electron chi connectivity index (χ4n) is 0. The molecular formula is H3MnMoPV. The van der Waals surface area contributed by atoms with Crippen molar-refractivity contribution in [1.29, 1.82) is 0 Å². The van der Waals surface area contributed by atoms with Gasteiger partial charge in [0.1, 0.15) is 0 Å². The Morgan fingerprint density at radius 2 is 1.00 bits per heavy atom. The molecule has 0 aliphatic carbocycles. The third kappa shape index (κ3) is 8.88. The van der Waals surface area contributed by atoms with E-state index in [1.807, 2.05) is 0 Å². The molecule has 26 valence electrons. The third-order valence-corrected chi connectivity index (χ3v) is 0. The van der Waals surface area contributed by atoms with E-state index < -0.39 is 0 Å². The van der Waals surface area contributed by atoms with Gasteiger partial charge in [-0.3, -0.25) is 0 Å². The predicted octanol–water partition coefficient (Wildman–Crippen LogP) is 0.0506. The zero-order valence-electron chi connectivity index (χ0n) is 1.94. The van der Waals surface area contributed by atoms with E-state index in [2.05, 4.69) is 0 Å². The van der Waals surface area contributed by atoms with Crippen molar-refractivity contribution in [3.63, 3.8) is 0 Å². The Kier molecular flexibility index (Phi) is 162. The zero-order valence-corrected chi connectivity index (χ0v) is 7.94. The molecule has 0 nitrogen and oxygen atoms in total. The van der Waals surface area contributed by atoms with Crippen LogP contribution in [0.3, 0.4) is 0 Å². The van der Waals surface area contributed by atoms with E-state index in [1.165, 1.54) is 0 Å². The van der Waals surface area contributed by atoms with Crippen LogP contribution in [0.15, 0.2) is 0 Å². The van der Waals surface area contributed by atoms with E-state index in [-0.39, 0.29) is 66.6 Å². The molecule has 0 fully saturated rings. The van der Waals surface area contributed by atoms with Crippen molar-refractivity contribution in [3.8, 4) is 0 Å². The first-order valence-electron chi connectivity index (χ1n) is 0. The van der Waals surface area contributed by atoms with Gasteiger partial charge in [0, 0.05) is 56.7 Å². The van der Waals surface area contributed by atoms with Gasteiger partial charge in [-0.1, -0.05) is 0 Å². The third-order valence-electron chi connectivity index (χ3n) is 0. The Morgan fingerprint density at radius 1 is 1.00 bits per heavy atom. The van der Waals surface area contributed by atoms with E-state index >= 15 is 0 Å². The molecule has 0 rings (SSSR count).